The number of aliphatic hydroxyl groups is 2. The number of aromatic nitrogens is 7. The van der Waals surface area contributed by atoms with Crippen molar-refractivity contribution in [1.82, 2.24) is 34.7 Å². The van der Waals surface area contributed by atoms with E-state index in [0.717, 1.165) is 32.9 Å². The van der Waals surface area contributed by atoms with Gasteiger partial charge in [-0.3, -0.25) is 4.57 Å². The summed E-state index contributed by atoms with van der Waals surface area (Å²) in [5.74, 6) is -3.98. The van der Waals surface area contributed by atoms with Crippen molar-refractivity contribution in [3.63, 3.8) is 0 Å². The Morgan fingerprint density at radius 3 is 2.46 bits per heavy atom. The highest BCUT2D eigenvalue weighted by molar-refractivity contribution is 7.18. The summed E-state index contributed by atoms with van der Waals surface area (Å²) in [5, 5.41) is 41.4. The van der Waals surface area contributed by atoms with E-state index in [1.54, 1.807) is 18.4 Å². The molecule has 2 N–H and O–H groups in total. The van der Waals surface area contributed by atoms with Gasteiger partial charge in [-0.1, -0.05) is 35.5 Å². The van der Waals surface area contributed by atoms with Crippen LogP contribution in [0.1, 0.15) is 54.5 Å². The molecule has 50 heavy (non-hydrogen) atoms. The van der Waals surface area contributed by atoms with E-state index in [1.807, 2.05) is 55.5 Å². The molecule has 2 aliphatic heterocycles. The predicted molar refractivity (Wildman–Crippen MR) is 173 cm³/mol. The van der Waals surface area contributed by atoms with Crippen molar-refractivity contribution < 1.29 is 37.6 Å². The standard InChI is InChI=1S/C34H30F3N7O5S/c1-16-38-22-10-9-19(13-25(22)50-16)44-31(40-41-33(44)34(2,3)46)30-28(45)27(29-24(48-30)15-47-32(49-29)17-7-5-4-6-8-17)43-14-23(39-42-43)18-11-20(35)26(37)21(36)12-18/h4-14,24,27-30,32,45-46H,15H2,1-3H3/t24-,27-,28-,29+,30-,32?/m1/s1. The smallest absolute Gasteiger partial charge is 0.194 e. The van der Waals surface area contributed by atoms with Crippen molar-refractivity contribution in [3.05, 3.63) is 107 Å². The Hall–Kier alpha value is -4.58. The summed E-state index contributed by atoms with van der Waals surface area (Å²) in [6, 6.07) is 15.4. The zero-order chi connectivity index (χ0) is 34.9. The number of halogens is 3. The second-order valence-electron chi connectivity index (χ2n) is 12.8. The highest BCUT2D eigenvalue weighted by Gasteiger charge is 2.53. The first-order valence-electron chi connectivity index (χ1n) is 15.7. The quantitative estimate of drug-likeness (QED) is 0.221. The number of fused-ring (bicyclic) bond motifs is 2. The molecule has 0 saturated carbocycles. The number of ether oxygens (including phenoxy) is 3. The van der Waals surface area contributed by atoms with Crippen LogP contribution in [0.5, 0.6) is 0 Å². The lowest BCUT2D eigenvalue weighted by Crippen LogP contribution is -2.57. The number of aryl methyl sites for hydroxylation is 1. The van der Waals surface area contributed by atoms with Gasteiger partial charge in [-0.05, 0) is 51.1 Å². The monoisotopic (exact) mass is 705 g/mol. The predicted octanol–water partition coefficient (Wildman–Crippen LogP) is 5.24. The summed E-state index contributed by atoms with van der Waals surface area (Å²) in [6.45, 7) is 5.12. The second kappa shape index (κ2) is 12.3. The lowest BCUT2D eigenvalue weighted by Gasteiger charge is -2.47. The number of nitrogens with zero attached hydrogens (tertiary/aromatic N) is 7. The van der Waals surface area contributed by atoms with Crippen molar-refractivity contribution >= 4 is 21.6 Å². The Morgan fingerprint density at radius 1 is 0.960 bits per heavy atom. The summed E-state index contributed by atoms with van der Waals surface area (Å²) < 4.78 is 65.0. The van der Waals surface area contributed by atoms with Gasteiger partial charge in [0.2, 0.25) is 0 Å². The summed E-state index contributed by atoms with van der Waals surface area (Å²) in [5.41, 5.74) is 0.672. The third-order valence-corrected chi connectivity index (χ3v) is 9.70. The Labute approximate surface area is 286 Å². The number of hydrogen-bond acceptors (Lipinski definition) is 11. The molecule has 6 aromatic rings. The van der Waals surface area contributed by atoms with Crippen molar-refractivity contribution in [2.75, 3.05) is 6.61 Å². The lowest BCUT2D eigenvalue weighted by molar-refractivity contribution is -0.319. The van der Waals surface area contributed by atoms with Gasteiger partial charge in [-0.15, -0.1) is 26.6 Å². The summed E-state index contributed by atoms with van der Waals surface area (Å²) in [7, 11) is 0. The molecule has 2 saturated heterocycles. The number of aliphatic hydroxyl groups excluding tert-OH is 1. The fourth-order valence-corrected chi connectivity index (χ4v) is 7.33. The van der Waals surface area contributed by atoms with Crippen LogP contribution in [0.25, 0.3) is 27.2 Å². The van der Waals surface area contributed by atoms with Crippen LogP contribution in [0.15, 0.2) is 66.9 Å². The molecule has 16 heteroatoms. The molecule has 1 unspecified atom stereocenters. The molecule has 3 aromatic carbocycles. The number of thiazole rings is 1. The van der Waals surface area contributed by atoms with E-state index in [1.165, 1.54) is 22.2 Å². The lowest BCUT2D eigenvalue weighted by atomic mass is 9.91. The second-order valence-corrected chi connectivity index (χ2v) is 14.0. The zero-order valence-corrected chi connectivity index (χ0v) is 27.6. The molecule has 0 aliphatic carbocycles. The van der Waals surface area contributed by atoms with E-state index in [2.05, 4.69) is 25.5 Å². The third-order valence-electron chi connectivity index (χ3n) is 8.77. The molecule has 0 bridgehead atoms. The maximum absolute atomic E-state index is 14.2. The van der Waals surface area contributed by atoms with Gasteiger partial charge in [0, 0.05) is 11.1 Å². The molecule has 0 spiro atoms. The Bertz CT molecular complexity index is 2180. The van der Waals surface area contributed by atoms with Crippen LogP contribution in [0.3, 0.4) is 0 Å². The molecule has 258 valence electrons. The van der Waals surface area contributed by atoms with Gasteiger partial charge < -0.3 is 24.4 Å². The van der Waals surface area contributed by atoms with Crippen LogP contribution in [0.4, 0.5) is 13.2 Å². The largest absolute Gasteiger partial charge is 0.388 e. The van der Waals surface area contributed by atoms with E-state index in [0.29, 0.717) is 5.69 Å². The Balaban J connectivity index is 1.23. The van der Waals surface area contributed by atoms with Crippen LogP contribution in [0.2, 0.25) is 0 Å². The molecule has 5 heterocycles. The van der Waals surface area contributed by atoms with Gasteiger partial charge in [0.25, 0.3) is 0 Å². The first-order valence-corrected chi connectivity index (χ1v) is 16.6. The molecule has 12 nitrogen and oxygen atoms in total. The van der Waals surface area contributed by atoms with Gasteiger partial charge in [0.05, 0.1) is 33.7 Å². The van der Waals surface area contributed by atoms with Crippen LogP contribution < -0.4 is 0 Å². The van der Waals surface area contributed by atoms with Crippen LogP contribution >= 0.6 is 11.3 Å². The first kappa shape index (κ1) is 32.6. The molecule has 2 aliphatic rings. The van der Waals surface area contributed by atoms with Crippen molar-refractivity contribution in [3.8, 4) is 16.9 Å². The minimum atomic E-state index is -1.60. The number of hydrogen-bond donors (Lipinski definition) is 2. The van der Waals surface area contributed by atoms with E-state index in [4.69, 9.17) is 14.2 Å². The number of rotatable bonds is 6. The summed E-state index contributed by atoms with van der Waals surface area (Å²) in [4.78, 5) is 4.55. The van der Waals surface area contributed by atoms with Crippen molar-refractivity contribution in [2.45, 2.75) is 63.1 Å². The van der Waals surface area contributed by atoms with Crippen LogP contribution in [-0.2, 0) is 19.8 Å². The molecule has 0 amide bonds. The SMILES string of the molecule is Cc1nc2ccc(-n3c([C@@H]4O[C@@H]5COC(c6ccccc6)O[C@@H]5[C@H](n5cc(-c6cc(F)c(F)c(F)c6)nn5)[C@H]4O)nnc3C(C)(C)O)cc2s1. The Kier molecular flexibility index (Phi) is 8.04. The van der Waals surface area contributed by atoms with E-state index < -0.39 is 59.8 Å². The minimum Gasteiger partial charge on any atom is -0.388 e. The fourth-order valence-electron chi connectivity index (χ4n) is 6.47. The highest BCUT2D eigenvalue weighted by Crippen LogP contribution is 2.45. The van der Waals surface area contributed by atoms with Crippen molar-refractivity contribution in [1.29, 1.82) is 0 Å². The van der Waals surface area contributed by atoms with Crippen molar-refractivity contribution in [2.24, 2.45) is 0 Å². The van der Waals surface area contributed by atoms with Crippen LogP contribution in [0, 0.1) is 24.4 Å². The zero-order valence-electron chi connectivity index (χ0n) is 26.8. The summed E-state index contributed by atoms with van der Waals surface area (Å²) >= 11 is 1.50. The van der Waals surface area contributed by atoms with Gasteiger partial charge in [0.1, 0.15) is 41.8 Å². The van der Waals surface area contributed by atoms with Crippen LogP contribution in [-0.4, -0.2) is 69.9 Å². The molecular formula is C34H30F3N7O5S. The maximum atomic E-state index is 14.2. The average molecular weight is 706 g/mol. The molecule has 0 radical (unpaired) electrons. The highest BCUT2D eigenvalue weighted by atomic mass is 32.1. The fraction of sp³-hybridized carbons (Fsp3) is 0.324. The molecule has 8 rings (SSSR count). The van der Waals surface area contributed by atoms with Gasteiger partial charge in [0.15, 0.2) is 35.4 Å². The molecular weight excluding hydrogens is 675 g/mol. The molecule has 6 atom stereocenters. The van der Waals surface area contributed by atoms with Gasteiger partial charge in [-0.2, -0.15) is 0 Å². The third kappa shape index (κ3) is 5.67. The average Bonchev–Trinajstić information content (AvgIpc) is 3.84. The molecule has 3 aromatic heterocycles. The van der Waals surface area contributed by atoms with E-state index >= 15 is 0 Å². The number of benzene rings is 3. The van der Waals surface area contributed by atoms with Gasteiger partial charge >= 0.3 is 0 Å². The topological polar surface area (TPSA) is 142 Å². The summed E-state index contributed by atoms with van der Waals surface area (Å²) in [6.07, 6.45) is -3.65. The minimum absolute atomic E-state index is 0.0295. The maximum Gasteiger partial charge on any atom is 0.194 e. The van der Waals surface area contributed by atoms with Gasteiger partial charge in [-0.25, -0.2) is 22.8 Å². The normalized spacial score (nSPS) is 24.1. The van der Waals surface area contributed by atoms with E-state index in [-0.39, 0.29) is 29.5 Å². The van der Waals surface area contributed by atoms with E-state index in [9.17, 15) is 23.4 Å². The Morgan fingerprint density at radius 2 is 1.72 bits per heavy atom. The first-order chi connectivity index (χ1) is 24.0. The molecule has 2 fully saturated rings.